The molecule has 4 unspecified atom stereocenters. The number of nitrogens with one attached hydrogen (secondary N) is 2. The third kappa shape index (κ3) is 9.56. The smallest absolute Gasteiger partial charge is 0.224 e. The number of anilines is 1. The van der Waals surface area contributed by atoms with E-state index in [1.807, 2.05) is 66.7 Å². The summed E-state index contributed by atoms with van der Waals surface area (Å²) < 4.78 is 18.7. The number of amides is 2. The number of carbonyl (C=O) groups is 2. The Labute approximate surface area is 258 Å². The Morgan fingerprint density at radius 2 is 1.65 bits per heavy atom. The lowest BCUT2D eigenvalue weighted by Gasteiger charge is -2.41. The number of aliphatic hydroxyl groups excluding tert-OH is 1. The van der Waals surface area contributed by atoms with Gasteiger partial charge >= 0.3 is 0 Å². The topological polar surface area (TPSA) is 106 Å². The van der Waals surface area contributed by atoms with Crippen molar-refractivity contribution in [2.45, 2.75) is 69.5 Å². The molecule has 1 aliphatic heterocycles. The molecule has 1 fully saturated rings. The number of methoxy groups -OCH3 is 1. The highest BCUT2D eigenvalue weighted by molar-refractivity contribution is 7.99. The first-order valence-electron chi connectivity index (χ1n) is 14.8. The zero-order valence-corrected chi connectivity index (χ0v) is 25.9. The van der Waals surface area contributed by atoms with Crippen molar-refractivity contribution in [1.29, 1.82) is 0 Å². The molecule has 4 atom stereocenters. The Morgan fingerprint density at radius 3 is 2.35 bits per heavy atom. The van der Waals surface area contributed by atoms with Crippen molar-refractivity contribution in [3.8, 4) is 5.75 Å². The molecule has 1 heterocycles. The molecule has 230 valence electrons. The van der Waals surface area contributed by atoms with Gasteiger partial charge in [-0.3, -0.25) is 9.59 Å². The molecule has 8 nitrogen and oxygen atoms in total. The molecule has 0 aromatic heterocycles. The van der Waals surface area contributed by atoms with Crippen LogP contribution in [-0.4, -0.2) is 42.4 Å². The van der Waals surface area contributed by atoms with Gasteiger partial charge in [0.1, 0.15) is 5.75 Å². The van der Waals surface area contributed by atoms with Gasteiger partial charge in [0.05, 0.1) is 25.9 Å². The first-order valence-corrected chi connectivity index (χ1v) is 15.8. The van der Waals surface area contributed by atoms with E-state index in [9.17, 15) is 14.7 Å². The van der Waals surface area contributed by atoms with E-state index in [4.69, 9.17) is 14.2 Å². The number of hydrogen-bond donors (Lipinski definition) is 3. The maximum atomic E-state index is 12.4. The van der Waals surface area contributed by atoms with Crippen LogP contribution in [0.3, 0.4) is 0 Å². The van der Waals surface area contributed by atoms with Crippen LogP contribution in [0.4, 0.5) is 5.69 Å². The molecule has 3 aromatic rings. The SMILES string of the molecule is COc1ccccc1SCC1OC(c2ccc(NC(=O)CCCCCNC(C)=O)cc2)OC(c2ccc(CO)cc2)C1C. The number of benzene rings is 3. The van der Waals surface area contributed by atoms with Crippen molar-refractivity contribution in [3.05, 3.63) is 89.5 Å². The molecule has 43 heavy (non-hydrogen) atoms. The summed E-state index contributed by atoms with van der Waals surface area (Å²) >= 11 is 1.70. The van der Waals surface area contributed by atoms with Crippen LogP contribution in [0.15, 0.2) is 77.7 Å². The lowest BCUT2D eigenvalue weighted by Crippen LogP contribution is -2.38. The van der Waals surface area contributed by atoms with Crippen molar-refractivity contribution in [1.82, 2.24) is 5.32 Å². The van der Waals surface area contributed by atoms with Crippen LogP contribution in [0, 0.1) is 5.92 Å². The molecule has 0 saturated carbocycles. The molecule has 1 aliphatic rings. The molecule has 0 bridgehead atoms. The fourth-order valence-corrected chi connectivity index (χ4v) is 6.21. The molecule has 3 N–H and O–H groups in total. The number of carbonyl (C=O) groups excluding carboxylic acids is 2. The Kier molecular flexibility index (Phi) is 12.5. The third-order valence-corrected chi connectivity index (χ3v) is 8.66. The molecular weight excluding hydrogens is 564 g/mol. The summed E-state index contributed by atoms with van der Waals surface area (Å²) in [6.45, 7) is 4.28. The van der Waals surface area contributed by atoms with Gasteiger partial charge in [0, 0.05) is 47.7 Å². The molecule has 2 amide bonds. The molecule has 9 heteroatoms. The highest BCUT2D eigenvalue weighted by Crippen LogP contribution is 2.43. The summed E-state index contributed by atoms with van der Waals surface area (Å²) in [7, 11) is 1.68. The fraction of sp³-hybridized carbons (Fsp3) is 0.412. The van der Waals surface area contributed by atoms with Crippen molar-refractivity contribution in [2.75, 3.05) is 24.7 Å². The summed E-state index contributed by atoms with van der Waals surface area (Å²) in [4.78, 5) is 24.4. The van der Waals surface area contributed by atoms with Crippen molar-refractivity contribution < 1.29 is 28.9 Å². The fourth-order valence-electron chi connectivity index (χ4n) is 5.02. The quantitative estimate of drug-likeness (QED) is 0.144. The van der Waals surface area contributed by atoms with E-state index in [1.165, 1.54) is 6.92 Å². The molecule has 1 saturated heterocycles. The second-order valence-corrected chi connectivity index (χ2v) is 11.8. The zero-order valence-electron chi connectivity index (χ0n) is 25.1. The summed E-state index contributed by atoms with van der Waals surface area (Å²) in [5.74, 6) is 1.55. The minimum Gasteiger partial charge on any atom is -0.496 e. The molecular formula is C34H42N2O6S. The number of unbranched alkanes of at least 4 members (excludes halogenated alkanes) is 2. The molecule has 3 aromatic carbocycles. The van der Waals surface area contributed by atoms with E-state index < -0.39 is 6.29 Å². The molecule has 4 rings (SSSR count). The number of rotatable bonds is 14. The number of thioether (sulfide) groups is 1. The summed E-state index contributed by atoms with van der Waals surface area (Å²) in [6, 6.07) is 23.5. The number of hydrogen-bond acceptors (Lipinski definition) is 7. The monoisotopic (exact) mass is 606 g/mol. The highest BCUT2D eigenvalue weighted by Gasteiger charge is 2.38. The third-order valence-electron chi connectivity index (χ3n) is 7.52. The summed E-state index contributed by atoms with van der Waals surface area (Å²) in [5, 5.41) is 15.2. The van der Waals surface area contributed by atoms with Crippen molar-refractivity contribution in [3.63, 3.8) is 0 Å². The van der Waals surface area contributed by atoms with Gasteiger partial charge in [-0.15, -0.1) is 11.8 Å². The van der Waals surface area contributed by atoms with Crippen LogP contribution < -0.4 is 15.4 Å². The minimum absolute atomic E-state index is 0.00719. The predicted molar refractivity (Wildman–Crippen MR) is 169 cm³/mol. The van der Waals surface area contributed by atoms with Gasteiger partial charge in [-0.2, -0.15) is 0 Å². The number of aliphatic hydroxyl groups is 1. The zero-order chi connectivity index (χ0) is 30.6. The second-order valence-electron chi connectivity index (χ2n) is 10.7. The average Bonchev–Trinajstić information content (AvgIpc) is 3.02. The van der Waals surface area contributed by atoms with Crippen molar-refractivity contribution >= 4 is 29.3 Å². The Balaban J connectivity index is 1.41. The number of ether oxygens (including phenoxy) is 3. The largest absolute Gasteiger partial charge is 0.496 e. The van der Waals surface area contributed by atoms with E-state index in [-0.39, 0.29) is 36.5 Å². The maximum Gasteiger partial charge on any atom is 0.224 e. The van der Waals surface area contributed by atoms with Crippen molar-refractivity contribution in [2.24, 2.45) is 5.92 Å². The Hall–Kier alpha value is -3.37. The standard InChI is InChI=1S/C34H42N2O6S/c1-23-30(22-43-31-10-7-6-9-29(31)40-3)41-34(42-33(23)26-14-12-25(21-37)13-15-26)27-16-18-28(19-17-27)36-32(39)11-5-4-8-20-35-24(2)38/h6-7,9-10,12-19,23,30,33-34,37H,4-5,8,11,20-22H2,1-3H3,(H,35,38)(H,36,39). The van der Waals surface area contributed by atoms with Crippen LogP contribution in [0.2, 0.25) is 0 Å². The first-order chi connectivity index (χ1) is 20.9. The molecule has 0 spiro atoms. The normalized spacial score (nSPS) is 19.9. The van der Waals surface area contributed by atoms with Gasteiger partial charge in [0.25, 0.3) is 0 Å². The number of para-hydroxylation sites is 1. The lowest BCUT2D eigenvalue weighted by molar-refractivity contribution is -0.268. The van der Waals surface area contributed by atoms with Crippen LogP contribution >= 0.6 is 11.8 Å². The Bertz CT molecular complexity index is 1320. The van der Waals surface area contributed by atoms with Gasteiger partial charge in [-0.05, 0) is 48.2 Å². The maximum absolute atomic E-state index is 12.4. The Morgan fingerprint density at radius 1 is 0.930 bits per heavy atom. The predicted octanol–water partition coefficient (Wildman–Crippen LogP) is 6.41. The van der Waals surface area contributed by atoms with Crippen LogP contribution in [0.5, 0.6) is 5.75 Å². The van der Waals surface area contributed by atoms with E-state index in [2.05, 4.69) is 23.6 Å². The van der Waals surface area contributed by atoms with Crippen LogP contribution in [0.25, 0.3) is 0 Å². The highest BCUT2D eigenvalue weighted by atomic mass is 32.2. The lowest BCUT2D eigenvalue weighted by atomic mass is 9.91. The van der Waals surface area contributed by atoms with E-state index >= 15 is 0 Å². The second kappa shape index (κ2) is 16.5. The van der Waals surface area contributed by atoms with E-state index in [0.29, 0.717) is 18.7 Å². The minimum atomic E-state index is -0.588. The van der Waals surface area contributed by atoms with Crippen LogP contribution in [-0.2, 0) is 25.7 Å². The summed E-state index contributed by atoms with van der Waals surface area (Å²) in [5.41, 5.74) is 3.47. The first kappa shape index (κ1) is 32.5. The van der Waals surface area contributed by atoms with Gasteiger partial charge in [0.15, 0.2) is 6.29 Å². The van der Waals surface area contributed by atoms with Gasteiger partial charge < -0.3 is 30.0 Å². The molecule has 0 aliphatic carbocycles. The van der Waals surface area contributed by atoms with Gasteiger partial charge in [-0.25, -0.2) is 0 Å². The van der Waals surface area contributed by atoms with Gasteiger partial charge in [0.2, 0.25) is 11.8 Å². The van der Waals surface area contributed by atoms with E-state index in [0.717, 1.165) is 52.3 Å². The van der Waals surface area contributed by atoms with Crippen LogP contribution in [0.1, 0.15) is 68.6 Å². The van der Waals surface area contributed by atoms with Gasteiger partial charge in [-0.1, -0.05) is 61.9 Å². The van der Waals surface area contributed by atoms with E-state index in [1.54, 1.807) is 18.9 Å². The average molecular weight is 607 g/mol. The molecule has 0 radical (unpaired) electrons. The summed E-state index contributed by atoms with van der Waals surface area (Å²) in [6.07, 6.45) is 2.02.